The Morgan fingerprint density at radius 2 is 1.75 bits per heavy atom. The van der Waals surface area contributed by atoms with Crippen LogP contribution in [0.5, 0.6) is 17.2 Å². The summed E-state index contributed by atoms with van der Waals surface area (Å²) in [5.74, 6) is 2.08. The number of hydrogen-bond donors (Lipinski definition) is 1. The second-order valence-corrected chi connectivity index (χ2v) is 4.02. The summed E-state index contributed by atoms with van der Waals surface area (Å²) in [5, 5.41) is 6.41. The van der Waals surface area contributed by atoms with Gasteiger partial charge >= 0.3 is 5.69 Å². The molecule has 1 aromatic heterocycles. The number of methoxy groups -OCH3 is 3. The van der Waals surface area contributed by atoms with Crippen LogP contribution in [-0.2, 0) is 6.42 Å². The van der Waals surface area contributed by atoms with E-state index in [0.29, 0.717) is 35.2 Å². The van der Waals surface area contributed by atoms with E-state index in [0.717, 1.165) is 0 Å². The standard InChI is InChI=1S/C13H17N3O4/c1-5-11-14-15-13(17)16(11)8-6-9(18-2)12(20-4)10(7-8)19-3/h6-7H,5H2,1-4H3,(H,15,17). The largest absolute Gasteiger partial charge is 0.493 e. The minimum absolute atomic E-state index is 0.309. The molecule has 0 aliphatic heterocycles. The topological polar surface area (TPSA) is 78.4 Å². The molecule has 2 rings (SSSR count). The third-order valence-corrected chi connectivity index (χ3v) is 2.97. The van der Waals surface area contributed by atoms with E-state index in [1.165, 1.54) is 25.9 Å². The van der Waals surface area contributed by atoms with Crippen LogP contribution in [0.3, 0.4) is 0 Å². The van der Waals surface area contributed by atoms with Crippen LogP contribution in [0.2, 0.25) is 0 Å². The van der Waals surface area contributed by atoms with Crippen molar-refractivity contribution in [3.8, 4) is 22.9 Å². The van der Waals surface area contributed by atoms with Gasteiger partial charge in [-0.15, -0.1) is 0 Å². The Labute approximate surface area is 116 Å². The Hall–Kier alpha value is -2.44. The Kier molecular flexibility index (Phi) is 3.97. The lowest BCUT2D eigenvalue weighted by Crippen LogP contribution is -2.17. The van der Waals surface area contributed by atoms with Gasteiger partial charge in [0.25, 0.3) is 0 Å². The summed E-state index contributed by atoms with van der Waals surface area (Å²) >= 11 is 0. The summed E-state index contributed by atoms with van der Waals surface area (Å²) < 4.78 is 17.3. The highest BCUT2D eigenvalue weighted by Gasteiger charge is 2.17. The molecule has 0 atom stereocenters. The summed E-state index contributed by atoms with van der Waals surface area (Å²) in [6.07, 6.45) is 0.620. The molecule has 0 aliphatic carbocycles. The minimum atomic E-state index is -0.309. The Morgan fingerprint density at radius 1 is 1.15 bits per heavy atom. The predicted octanol–water partition coefficient (Wildman–Crippen LogP) is 1.15. The van der Waals surface area contributed by atoms with E-state index in [4.69, 9.17) is 14.2 Å². The van der Waals surface area contributed by atoms with Crippen molar-refractivity contribution in [3.63, 3.8) is 0 Å². The van der Waals surface area contributed by atoms with Gasteiger partial charge < -0.3 is 14.2 Å². The molecule has 0 saturated heterocycles. The van der Waals surface area contributed by atoms with Crippen molar-refractivity contribution in [2.24, 2.45) is 0 Å². The van der Waals surface area contributed by atoms with Gasteiger partial charge in [-0.3, -0.25) is 0 Å². The monoisotopic (exact) mass is 279 g/mol. The van der Waals surface area contributed by atoms with Crippen molar-refractivity contribution in [1.29, 1.82) is 0 Å². The third kappa shape index (κ3) is 2.22. The van der Waals surface area contributed by atoms with Crippen molar-refractivity contribution in [3.05, 3.63) is 28.4 Å². The molecule has 1 N–H and O–H groups in total. The number of nitrogens with one attached hydrogen (secondary N) is 1. The number of aryl methyl sites for hydroxylation is 1. The zero-order valence-electron chi connectivity index (χ0n) is 11.9. The van der Waals surface area contributed by atoms with Gasteiger partial charge in [0.2, 0.25) is 5.75 Å². The Morgan fingerprint density at radius 3 is 2.20 bits per heavy atom. The Bertz CT molecular complexity index is 635. The highest BCUT2D eigenvalue weighted by atomic mass is 16.5. The van der Waals surface area contributed by atoms with Crippen LogP contribution in [0.25, 0.3) is 5.69 Å². The molecule has 0 saturated carbocycles. The van der Waals surface area contributed by atoms with Crippen LogP contribution in [0.1, 0.15) is 12.7 Å². The minimum Gasteiger partial charge on any atom is -0.493 e. The van der Waals surface area contributed by atoms with E-state index in [1.54, 1.807) is 12.1 Å². The van der Waals surface area contributed by atoms with Crippen molar-refractivity contribution >= 4 is 0 Å². The van der Waals surface area contributed by atoms with Crippen LogP contribution in [0.4, 0.5) is 0 Å². The van der Waals surface area contributed by atoms with Gasteiger partial charge in [-0.05, 0) is 0 Å². The van der Waals surface area contributed by atoms with Gasteiger partial charge in [-0.25, -0.2) is 14.5 Å². The first-order chi connectivity index (χ1) is 9.65. The first kappa shape index (κ1) is 14.0. The second-order valence-electron chi connectivity index (χ2n) is 4.02. The Balaban J connectivity index is 2.69. The summed E-state index contributed by atoms with van der Waals surface area (Å²) in [5.41, 5.74) is 0.297. The number of aromatic nitrogens is 3. The normalized spacial score (nSPS) is 10.4. The van der Waals surface area contributed by atoms with Crippen LogP contribution < -0.4 is 19.9 Å². The molecule has 0 spiro atoms. The first-order valence-electron chi connectivity index (χ1n) is 6.12. The maximum absolute atomic E-state index is 11.9. The SMILES string of the molecule is CCc1n[nH]c(=O)n1-c1cc(OC)c(OC)c(OC)c1. The fraction of sp³-hybridized carbons (Fsp3) is 0.385. The van der Waals surface area contributed by atoms with Crippen LogP contribution in [0.15, 0.2) is 16.9 Å². The molecule has 0 aliphatic rings. The lowest BCUT2D eigenvalue weighted by molar-refractivity contribution is 0.324. The van der Waals surface area contributed by atoms with E-state index in [-0.39, 0.29) is 5.69 Å². The maximum atomic E-state index is 11.9. The lowest BCUT2D eigenvalue weighted by Gasteiger charge is -2.14. The second kappa shape index (κ2) is 5.68. The van der Waals surface area contributed by atoms with Gasteiger partial charge in [-0.1, -0.05) is 6.92 Å². The maximum Gasteiger partial charge on any atom is 0.347 e. The summed E-state index contributed by atoms with van der Waals surface area (Å²) in [4.78, 5) is 11.9. The van der Waals surface area contributed by atoms with Crippen molar-refractivity contribution in [1.82, 2.24) is 14.8 Å². The molecular formula is C13H17N3O4. The van der Waals surface area contributed by atoms with Gasteiger partial charge in [0.1, 0.15) is 5.82 Å². The summed E-state index contributed by atoms with van der Waals surface area (Å²) in [6.45, 7) is 1.92. The number of benzene rings is 1. The fourth-order valence-electron chi connectivity index (χ4n) is 2.03. The summed E-state index contributed by atoms with van der Waals surface area (Å²) in [6, 6.07) is 3.41. The van der Waals surface area contributed by atoms with Crippen molar-refractivity contribution in [2.75, 3.05) is 21.3 Å². The molecule has 1 aromatic carbocycles. The van der Waals surface area contributed by atoms with E-state index in [2.05, 4.69) is 10.2 Å². The highest BCUT2D eigenvalue weighted by molar-refractivity contribution is 5.58. The number of H-pyrrole nitrogens is 1. The molecule has 0 unspecified atom stereocenters. The first-order valence-corrected chi connectivity index (χ1v) is 6.12. The molecule has 0 amide bonds. The van der Waals surface area contributed by atoms with Crippen LogP contribution in [0, 0.1) is 0 Å². The third-order valence-electron chi connectivity index (χ3n) is 2.97. The van der Waals surface area contributed by atoms with Crippen LogP contribution >= 0.6 is 0 Å². The van der Waals surface area contributed by atoms with E-state index in [1.807, 2.05) is 6.92 Å². The molecule has 108 valence electrons. The molecule has 0 bridgehead atoms. The van der Waals surface area contributed by atoms with E-state index >= 15 is 0 Å². The zero-order chi connectivity index (χ0) is 14.7. The number of aromatic amines is 1. The van der Waals surface area contributed by atoms with E-state index in [9.17, 15) is 4.79 Å². The number of ether oxygens (including phenoxy) is 3. The van der Waals surface area contributed by atoms with Crippen molar-refractivity contribution < 1.29 is 14.2 Å². The zero-order valence-corrected chi connectivity index (χ0v) is 11.9. The molecular weight excluding hydrogens is 262 g/mol. The fourth-order valence-corrected chi connectivity index (χ4v) is 2.03. The average Bonchev–Trinajstić information content (AvgIpc) is 2.86. The van der Waals surface area contributed by atoms with E-state index < -0.39 is 0 Å². The number of hydrogen-bond acceptors (Lipinski definition) is 5. The lowest BCUT2D eigenvalue weighted by atomic mass is 10.2. The molecule has 0 radical (unpaired) electrons. The smallest absolute Gasteiger partial charge is 0.347 e. The molecule has 7 heteroatoms. The molecule has 7 nitrogen and oxygen atoms in total. The van der Waals surface area contributed by atoms with Crippen LogP contribution in [-0.4, -0.2) is 36.1 Å². The molecule has 1 heterocycles. The van der Waals surface area contributed by atoms with Gasteiger partial charge in [-0.2, -0.15) is 5.10 Å². The van der Waals surface area contributed by atoms with Gasteiger partial charge in [0.15, 0.2) is 11.5 Å². The number of rotatable bonds is 5. The quantitative estimate of drug-likeness (QED) is 0.888. The molecule has 2 aromatic rings. The summed E-state index contributed by atoms with van der Waals surface area (Å²) in [7, 11) is 4.58. The number of nitrogens with zero attached hydrogens (tertiary/aromatic N) is 2. The predicted molar refractivity (Wildman–Crippen MR) is 73.2 cm³/mol. The van der Waals surface area contributed by atoms with Gasteiger partial charge in [0, 0.05) is 18.6 Å². The highest BCUT2D eigenvalue weighted by Crippen LogP contribution is 2.39. The average molecular weight is 279 g/mol. The molecule has 20 heavy (non-hydrogen) atoms. The van der Waals surface area contributed by atoms with Gasteiger partial charge in [0.05, 0.1) is 27.0 Å². The van der Waals surface area contributed by atoms with Crippen molar-refractivity contribution in [2.45, 2.75) is 13.3 Å². The molecule has 0 fully saturated rings.